The van der Waals surface area contributed by atoms with E-state index in [9.17, 15) is 4.79 Å². The summed E-state index contributed by atoms with van der Waals surface area (Å²) in [6.45, 7) is 5.62. The van der Waals surface area contributed by atoms with E-state index in [1.165, 1.54) is 0 Å². The number of fused-ring (bicyclic) bond motifs is 2. The van der Waals surface area contributed by atoms with Gasteiger partial charge in [-0.3, -0.25) is 4.79 Å². The Kier molecular flexibility index (Phi) is 5.22. The van der Waals surface area contributed by atoms with Crippen molar-refractivity contribution in [2.24, 2.45) is 0 Å². The number of hydrogen-bond donors (Lipinski definition) is 1. The molecule has 1 saturated carbocycles. The molecule has 0 radical (unpaired) electrons. The van der Waals surface area contributed by atoms with E-state index in [4.69, 9.17) is 26.1 Å². The number of rotatable bonds is 6. The lowest BCUT2D eigenvalue weighted by atomic mass is 10.1. The van der Waals surface area contributed by atoms with Gasteiger partial charge in [-0.15, -0.1) is 0 Å². The average molecular weight is 441 g/mol. The molecule has 3 aromatic rings. The van der Waals surface area contributed by atoms with Crippen LogP contribution in [-0.4, -0.2) is 40.4 Å². The summed E-state index contributed by atoms with van der Waals surface area (Å²) in [4.78, 5) is 17.9. The van der Waals surface area contributed by atoms with Crippen LogP contribution in [0.4, 0.5) is 0 Å². The number of ether oxygens (including phenoxy) is 2. The van der Waals surface area contributed by atoms with Gasteiger partial charge in [-0.2, -0.15) is 5.10 Å². The van der Waals surface area contributed by atoms with Crippen molar-refractivity contribution in [1.82, 2.24) is 20.1 Å². The summed E-state index contributed by atoms with van der Waals surface area (Å²) in [6.07, 6.45) is 4.63. The van der Waals surface area contributed by atoms with Crippen molar-refractivity contribution in [2.45, 2.75) is 45.1 Å². The van der Waals surface area contributed by atoms with E-state index in [1.807, 2.05) is 22.9 Å². The van der Waals surface area contributed by atoms with Crippen LogP contribution in [0.25, 0.3) is 11.0 Å². The van der Waals surface area contributed by atoms with Crippen LogP contribution in [0.3, 0.4) is 0 Å². The van der Waals surface area contributed by atoms with Crippen molar-refractivity contribution in [3.63, 3.8) is 0 Å². The Hall–Kier alpha value is -2.80. The number of nitrogens with one attached hydrogen (secondary N) is 1. The second kappa shape index (κ2) is 8.04. The van der Waals surface area contributed by atoms with E-state index >= 15 is 0 Å². The summed E-state index contributed by atoms with van der Waals surface area (Å²) < 4.78 is 13.1. The third-order valence-corrected chi connectivity index (χ3v) is 5.95. The lowest BCUT2D eigenvalue weighted by Gasteiger charge is -2.20. The minimum Gasteiger partial charge on any atom is -0.486 e. The summed E-state index contributed by atoms with van der Waals surface area (Å²) in [5, 5.41) is 8.84. The molecule has 1 aromatic carbocycles. The highest BCUT2D eigenvalue weighted by atomic mass is 35.5. The minimum atomic E-state index is -0.110. The number of benzene rings is 1. The standard InChI is InChI=1S/C23H25ClN4O3/c1-13(2)28-22-17(12-26-28)16(11-19(27-22)15-3-4-15)23(29)25-6-5-14-9-18(24)21-20(10-14)30-7-8-31-21/h9-13,15H,3-8H2,1-2H3,(H,25,29). The van der Waals surface area contributed by atoms with Crippen molar-refractivity contribution in [1.29, 1.82) is 0 Å². The fourth-order valence-electron chi connectivity index (χ4n) is 3.92. The van der Waals surface area contributed by atoms with Crippen molar-refractivity contribution in [2.75, 3.05) is 19.8 Å². The Labute approximate surface area is 185 Å². The van der Waals surface area contributed by atoms with Crippen molar-refractivity contribution >= 4 is 28.5 Å². The highest BCUT2D eigenvalue weighted by Crippen LogP contribution is 2.40. The Balaban J connectivity index is 1.34. The van der Waals surface area contributed by atoms with Crippen LogP contribution in [0, 0.1) is 0 Å². The number of halogens is 1. The molecule has 0 atom stereocenters. The van der Waals surface area contributed by atoms with E-state index in [2.05, 4.69) is 24.3 Å². The van der Waals surface area contributed by atoms with Gasteiger partial charge in [0.05, 0.1) is 22.2 Å². The third kappa shape index (κ3) is 3.94. The van der Waals surface area contributed by atoms with Crippen LogP contribution in [0.2, 0.25) is 5.02 Å². The van der Waals surface area contributed by atoms with Gasteiger partial charge in [0.25, 0.3) is 5.91 Å². The minimum absolute atomic E-state index is 0.110. The van der Waals surface area contributed by atoms with Crippen LogP contribution in [0.1, 0.15) is 60.3 Å². The molecule has 0 spiro atoms. The number of amides is 1. The van der Waals surface area contributed by atoms with E-state index in [-0.39, 0.29) is 11.9 Å². The maximum atomic E-state index is 13.1. The molecule has 5 rings (SSSR count). The molecule has 7 nitrogen and oxygen atoms in total. The maximum absolute atomic E-state index is 13.1. The Morgan fingerprint density at radius 1 is 1.26 bits per heavy atom. The van der Waals surface area contributed by atoms with Gasteiger partial charge in [-0.25, -0.2) is 9.67 Å². The molecular weight excluding hydrogens is 416 g/mol. The number of pyridine rings is 1. The molecule has 3 heterocycles. The molecular formula is C23H25ClN4O3. The van der Waals surface area contributed by atoms with Gasteiger partial charge in [0, 0.05) is 24.2 Å². The maximum Gasteiger partial charge on any atom is 0.252 e. The van der Waals surface area contributed by atoms with Gasteiger partial charge in [0.1, 0.15) is 13.2 Å². The fourth-order valence-corrected chi connectivity index (χ4v) is 4.20. The first kappa shape index (κ1) is 20.1. The quantitative estimate of drug-likeness (QED) is 0.618. The lowest BCUT2D eigenvalue weighted by molar-refractivity contribution is 0.0955. The fraction of sp³-hybridized carbons (Fsp3) is 0.435. The summed E-state index contributed by atoms with van der Waals surface area (Å²) in [5.74, 6) is 1.59. The first-order valence-corrected chi connectivity index (χ1v) is 11.1. The first-order chi connectivity index (χ1) is 15.0. The molecule has 31 heavy (non-hydrogen) atoms. The van der Waals surface area contributed by atoms with Crippen LogP contribution in [0.15, 0.2) is 24.4 Å². The van der Waals surface area contributed by atoms with Crippen molar-refractivity contribution in [3.8, 4) is 11.5 Å². The molecule has 2 aromatic heterocycles. The zero-order valence-electron chi connectivity index (χ0n) is 17.7. The van der Waals surface area contributed by atoms with Crippen LogP contribution >= 0.6 is 11.6 Å². The molecule has 1 fully saturated rings. The molecule has 1 N–H and O–H groups in total. The van der Waals surface area contributed by atoms with Gasteiger partial charge in [-0.1, -0.05) is 11.6 Å². The van der Waals surface area contributed by atoms with Crippen LogP contribution in [-0.2, 0) is 6.42 Å². The molecule has 0 saturated heterocycles. The van der Waals surface area contributed by atoms with E-state index < -0.39 is 0 Å². The number of aromatic nitrogens is 3. The molecule has 162 valence electrons. The Morgan fingerprint density at radius 3 is 2.84 bits per heavy atom. The van der Waals surface area contributed by atoms with Crippen molar-refractivity contribution < 1.29 is 14.3 Å². The largest absolute Gasteiger partial charge is 0.486 e. The normalized spacial score (nSPS) is 15.5. The lowest BCUT2D eigenvalue weighted by Crippen LogP contribution is -2.26. The molecule has 1 amide bonds. The third-order valence-electron chi connectivity index (χ3n) is 5.67. The van der Waals surface area contributed by atoms with Gasteiger partial charge in [-0.05, 0) is 56.9 Å². The van der Waals surface area contributed by atoms with Crippen LogP contribution < -0.4 is 14.8 Å². The summed E-state index contributed by atoms with van der Waals surface area (Å²) >= 11 is 6.32. The second-order valence-corrected chi connectivity index (χ2v) is 8.80. The SMILES string of the molecule is CC(C)n1ncc2c(C(=O)NCCc3cc(Cl)c4c(c3)OCCO4)cc(C3CC3)nc21. The van der Waals surface area contributed by atoms with Gasteiger partial charge >= 0.3 is 0 Å². The van der Waals surface area contributed by atoms with E-state index in [0.29, 0.717) is 54.2 Å². The number of carbonyl (C=O) groups excluding carboxylic acids is 1. The average Bonchev–Trinajstić information content (AvgIpc) is 3.51. The van der Waals surface area contributed by atoms with E-state index in [1.54, 1.807) is 6.20 Å². The van der Waals surface area contributed by atoms with Crippen LogP contribution in [0.5, 0.6) is 11.5 Å². The number of carbonyl (C=O) groups is 1. The summed E-state index contributed by atoms with van der Waals surface area (Å²) in [5.41, 5.74) is 3.39. The smallest absolute Gasteiger partial charge is 0.252 e. The molecule has 8 heteroatoms. The Morgan fingerprint density at radius 2 is 2.06 bits per heavy atom. The molecule has 1 aliphatic heterocycles. The van der Waals surface area contributed by atoms with Gasteiger partial charge in [0.15, 0.2) is 17.1 Å². The zero-order valence-corrected chi connectivity index (χ0v) is 18.4. The first-order valence-electron chi connectivity index (χ1n) is 10.8. The summed E-state index contributed by atoms with van der Waals surface area (Å²) in [6, 6.07) is 5.90. The highest BCUT2D eigenvalue weighted by Gasteiger charge is 2.28. The Bertz CT molecular complexity index is 1150. The number of nitrogens with zero attached hydrogens (tertiary/aromatic N) is 3. The van der Waals surface area contributed by atoms with Crippen molar-refractivity contribution in [3.05, 3.63) is 46.2 Å². The predicted molar refractivity (Wildman–Crippen MR) is 118 cm³/mol. The van der Waals surface area contributed by atoms with Gasteiger partial charge in [0.2, 0.25) is 0 Å². The molecule has 2 aliphatic rings. The number of hydrogen-bond acceptors (Lipinski definition) is 5. The molecule has 0 unspecified atom stereocenters. The molecule has 1 aliphatic carbocycles. The van der Waals surface area contributed by atoms with Gasteiger partial charge < -0.3 is 14.8 Å². The zero-order chi connectivity index (χ0) is 21.5. The topological polar surface area (TPSA) is 78.3 Å². The highest BCUT2D eigenvalue weighted by molar-refractivity contribution is 6.32. The summed E-state index contributed by atoms with van der Waals surface area (Å²) in [7, 11) is 0. The monoisotopic (exact) mass is 440 g/mol. The van der Waals surface area contributed by atoms with E-state index in [0.717, 1.165) is 35.1 Å². The molecule has 0 bridgehead atoms. The second-order valence-electron chi connectivity index (χ2n) is 8.40. The predicted octanol–water partition coefficient (Wildman–Crippen LogP) is 4.29.